The van der Waals surface area contributed by atoms with Crippen LogP contribution >= 0.6 is 23.1 Å². The summed E-state index contributed by atoms with van der Waals surface area (Å²) < 4.78 is 32.1. The molecule has 2 aromatic rings. The Morgan fingerprint density at radius 3 is 2.76 bits per heavy atom. The number of benzene rings is 1. The maximum absolute atomic E-state index is 11.1. The van der Waals surface area contributed by atoms with Crippen molar-refractivity contribution in [1.29, 1.82) is 0 Å². The highest BCUT2D eigenvalue weighted by atomic mass is 32.3. The summed E-state index contributed by atoms with van der Waals surface area (Å²) in [6.45, 7) is 1.72. The van der Waals surface area contributed by atoms with E-state index in [1.807, 2.05) is 24.3 Å². The van der Waals surface area contributed by atoms with Crippen LogP contribution in [0.3, 0.4) is 0 Å². The fourth-order valence-corrected chi connectivity index (χ4v) is 4.78. The van der Waals surface area contributed by atoms with E-state index in [2.05, 4.69) is 4.98 Å². The molecule has 92 valence electrons. The second-order valence-corrected chi connectivity index (χ2v) is 7.80. The number of hydrogen-bond donors (Lipinski definition) is 1. The quantitative estimate of drug-likeness (QED) is 0.692. The normalized spacial score (nSPS) is 14.0. The summed E-state index contributed by atoms with van der Waals surface area (Å²) in [5.74, 6) is 0. The standard InChI is InChI=1S/C10H11NO3S3/c1-2-9(17(12,13)14)16-10-11-7-5-3-4-6-8(7)15-10/h3-6,9H,2H2,1H3,(H,12,13,14). The Morgan fingerprint density at radius 1 is 1.47 bits per heavy atom. The number of thioether (sulfide) groups is 1. The lowest BCUT2D eigenvalue weighted by atomic mass is 10.3. The molecule has 0 amide bonds. The number of aromatic nitrogens is 1. The third-order valence-electron chi connectivity index (χ3n) is 2.17. The van der Waals surface area contributed by atoms with Crippen molar-refractivity contribution >= 4 is 43.4 Å². The van der Waals surface area contributed by atoms with E-state index in [0.29, 0.717) is 10.8 Å². The smallest absolute Gasteiger partial charge is 0.277 e. The summed E-state index contributed by atoms with van der Waals surface area (Å²) in [4.78, 5) is 4.32. The van der Waals surface area contributed by atoms with E-state index >= 15 is 0 Å². The molecule has 0 aliphatic rings. The lowest BCUT2D eigenvalue weighted by molar-refractivity contribution is 0.478. The fourth-order valence-electron chi connectivity index (χ4n) is 1.37. The van der Waals surface area contributed by atoms with Gasteiger partial charge in [-0.15, -0.1) is 11.3 Å². The molecule has 2 rings (SSSR count). The SMILES string of the molecule is CCC(Sc1nc2ccccc2s1)S(=O)(=O)O. The average Bonchev–Trinajstić information content (AvgIpc) is 2.66. The summed E-state index contributed by atoms with van der Waals surface area (Å²) in [5, 5.41) is 0. The minimum Gasteiger partial charge on any atom is -0.285 e. The predicted molar refractivity (Wildman–Crippen MR) is 71.1 cm³/mol. The summed E-state index contributed by atoms with van der Waals surface area (Å²) >= 11 is 2.52. The Balaban J connectivity index is 2.29. The van der Waals surface area contributed by atoms with Crippen molar-refractivity contribution in [2.75, 3.05) is 0 Å². The number of hydrogen-bond acceptors (Lipinski definition) is 5. The minimum absolute atomic E-state index is 0.347. The van der Waals surface area contributed by atoms with Crippen LogP contribution in [0.15, 0.2) is 28.6 Å². The zero-order valence-electron chi connectivity index (χ0n) is 9.03. The Labute approximate surface area is 108 Å². The molecule has 0 bridgehead atoms. The highest BCUT2D eigenvalue weighted by Gasteiger charge is 2.23. The molecule has 0 spiro atoms. The van der Waals surface area contributed by atoms with Crippen LogP contribution in [-0.2, 0) is 10.1 Å². The van der Waals surface area contributed by atoms with Gasteiger partial charge in [0.1, 0.15) is 4.58 Å². The van der Waals surface area contributed by atoms with Gasteiger partial charge in [-0.2, -0.15) is 8.42 Å². The first-order valence-electron chi connectivity index (χ1n) is 4.99. The van der Waals surface area contributed by atoms with Gasteiger partial charge in [-0.3, -0.25) is 4.55 Å². The molecule has 7 heteroatoms. The van der Waals surface area contributed by atoms with Crippen LogP contribution in [0.5, 0.6) is 0 Å². The number of thiazole rings is 1. The molecule has 0 saturated carbocycles. The zero-order chi connectivity index (χ0) is 12.5. The zero-order valence-corrected chi connectivity index (χ0v) is 11.5. The van der Waals surface area contributed by atoms with Crippen molar-refractivity contribution in [2.45, 2.75) is 22.3 Å². The van der Waals surface area contributed by atoms with Gasteiger partial charge in [0, 0.05) is 0 Å². The Hall–Kier alpha value is -0.630. The largest absolute Gasteiger partial charge is 0.285 e. The molecule has 0 aliphatic heterocycles. The first-order chi connectivity index (χ1) is 8.00. The maximum Gasteiger partial charge on any atom is 0.277 e. The van der Waals surface area contributed by atoms with Gasteiger partial charge in [0.2, 0.25) is 0 Å². The molecule has 4 nitrogen and oxygen atoms in total. The number of para-hydroxylation sites is 1. The van der Waals surface area contributed by atoms with Crippen LogP contribution in [0.1, 0.15) is 13.3 Å². The van der Waals surface area contributed by atoms with E-state index in [1.54, 1.807) is 6.92 Å². The van der Waals surface area contributed by atoms with E-state index in [4.69, 9.17) is 4.55 Å². The van der Waals surface area contributed by atoms with E-state index < -0.39 is 14.7 Å². The van der Waals surface area contributed by atoms with Crippen molar-refractivity contribution in [3.63, 3.8) is 0 Å². The van der Waals surface area contributed by atoms with Gasteiger partial charge in [0.25, 0.3) is 10.1 Å². The highest BCUT2D eigenvalue weighted by Crippen LogP contribution is 2.34. The second kappa shape index (κ2) is 4.93. The number of nitrogens with zero attached hydrogens (tertiary/aromatic N) is 1. The van der Waals surface area contributed by atoms with Crippen LogP contribution in [0.4, 0.5) is 0 Å². The first kappa shape index (κ1) is 12.8. The van der Waals surface area contributed by atoms with Crippen molar-refractivity contribution < 1.29 is 13.0 Å². The van der Waals surface area contributed by atoms with Crippen molar-refractivity contribution in [1.82, 2.24) is 4.98 Å². The van der Waals surface area contributed by atoms with Gasteiger partial charge in [0.15, 0.2) is 4.34 Å². The minimum atomic E-state index is -4.02. The summed E-state index contributed by atoms with van der Waals surface area (Å²) in [6, 6.07) is 7.61. The van der Waals surface area contributed by atoms with Crippen LogP contribution in [0.25, 0.3) is 10.2 Å². The van der Waals surface area contributed by atoms with Gasteiger partial charge in [0.05, 0.1) is 10.2 Å². The fraction of sp³-hybridized carbons (Fsp3) is 0.300. The molecule has 1 N–H and O–H groups in total. The summed E-state index contributed by atoms with van der Waals surface area (Å²) in [5.41, 5.74) is 0.852. The Kier molecular flexibility index (Phi) is 3.72. The van der Waals surface area contributed by atoms with E-state index in [-0.39, 0.29) is 0 Å². The summed E-state index contributed by atoms with van der Waals surface area (Å²) in [6.07, 6.45) is 0.347. The van der Waals surface area contributed by atoms with Gasteiger partial charge in [-0.05, 0) is 18.6 Å². The van der Waals surface area contributed by atoms with Crippen LogP contribution in [-0.4, -0.2) is 22.5 Å². The van der Waals surface area contributed by atoms with Gasteiger partial charge in [-0.1, -0.05) is 30.8 Å². The lowest BCUT2D eigenvalue weighted by Gasteiger charge is -2.07. The molecule has 1 heterocycles. The third-order valence-corrected chi connectivity index (χ3v) is 6.45. The van der Waals surface area contributed by atoms with E-state index in [9.17, 15) is 8.42 Å². The monoisotopic (exact) mass is 289 g/mol. The van der Waals surface area contributed by atoms with Gasteiger partial charge in [-0.25, -0.2) is 4.98 Å². The molecule has 0 radical (unpaired) electrons. The topological polar surface area (TPSA) is 67.3 Å². The molecular formula is C10H11NO3S3. The summed E-state index contributed by atoms with van der Waals surface area (Å²) in [7, 11) is -4.02. The molecule has 1 unspecified atom stereocenters. The second-order valence-electron chi connectivity index (χ2n) is 3.42. The van der Waals surface area contributed by atoms with Crippen molar-refractivity contribution in [3.8, 4) is 0 Å². The Bertz CT molecular complexity index is 588. The Morgan fingerprint density at radius 2 is 2.18 bits per heavy atom. The molecule has 0 saturated heterocycles. The number of fused-ring (bicyclic) bond motifs is 1. The molecular weight excluding hydrogens is 278 g/mol. The molecule has 17 heavy (non-hydrogen) atoms. The van der Waals surface area contributed by atoms with Crippen LogP contribution < -0.4 is 0 Å². The van der Waals surface area contributed by atoms with Gasteiger partial charge >= 0.3 is 0 Å². The molecule has 1 atom stereocenters. The number of rotatable bonds is 4. The maximum atomic E-state index is 11.1. The van der Waals surface area contributed by atoms with Crippen molar-refractivity contribution in [2.24, 2.45) is 0 Å². The van der Waals surface area contributed by atoms with Crippen LogP contribution in [0, 0.1) is 0 Å². The molecule has 1 aromatic carbocycles. The molecule has 0 aliphatic carbocycles. The predicted octanol–water partition coefficient (Wildman–Crippen LogP) is 3.01. The first-order valence-corrected chi connectivity index (χ1v) is 8.19. The average molecular weight is 289 g/mol. The van der Waals surface area contributed by atoms with Gasteiger partial charge < -0.3 is 0 Å². The molecule has 1 aromatic heterocycles. The van der Waals surface area contributed by atoms with E-state index in [1.165, 1.54) is 11.3 Å². The lowest BCUT2D eigenvalue weighted by Crippen LogP contribution is -2.15. The van der Waals surface area contributed by atoms with Crippen LogP contribution in [0.2, 0.25) is 0 Å². The molecule has 0 fully saturated rings. The van der Waals surface area contributed by atoms with E-state index in [0.717, 1.165) is 22.0 Å². The highest BCUT2D eigenvalue weighted by molar-refractivity contribution is 8.12. The third kappa shape index (κ3) is 2.98. The van der Waals surface area contributed by atoms with Crippen molar-refractivity contribution in [3.05, 3.63) is 24.3 Å².